The fourth-order valence-corrected chi connectivity index (χ4v) is 1.88. The second kappa shape index (κ2) is 5.21. The van der Waals surface area contributed by atoms with E-state index in [0.717, 1.165) is 0 Å². The molecule has 1 amide bonds. The number of rotatable bonds is 2. The molecule has 4 heteroatoms. The van der Waals surface area contributed by atoms with Gasteiger partial charge in [-0.1, -0.05) is 26.0 Å². The number of benzene rings is 1. The Morgan fingerprint density at radius 2 is 2.11 bits per heavy atom. The molecule has 0 spiro atoms. The van der Waals surface area contributed by atoms with Crippen LogP contribution in [0.15, 0.2) is 24.3 Å². The van der Waals surface area contributed by atoms with E-state index in [9.17, 15) is 9.59 Å². The van der Waals surface area contributed by atoms with E-state index >= 15 is 0 Å². The largest absolute Gasteiger partial charge is 0.493 e. The summed E-state index contributed by atoms with van der Waals surface area (Å²) in [4.78, 5) is 24.0. The predicted molar refractivity (Wildman–Crippen MR) is 67.7 cm³/mol. The van der Waals surface area contributed by atoms with E-state index in [4.69, 9.17) is 4.74 Å². The monoisotopic (exact) mass is 247 g/mol. The molecule has 1 aromatic carbocycles. The Morgan fingerprint density at radius 3 is 2.83 bits per heavy atom. The zero-order valence-electron chi connectivity index (χ0n) is 10.6. The summed E-state index contributed by atoms with van der Waals surface area (Å²) >= 11 is 0. The fourth-order valence-electron chi connectivity index (χ4n) is 1.88. The van der Waals surface area contributed by atoms with E-state index in [2.05, 4.69) is 5.32 Å². The molecule has 1 atom stereocenters. The first-order chi connectivity index (χ1) is 8.59. The minimum Gasteiger partial charge on any atom is -0.493 e. The van der Waals surface area contributed by atoms with Crippen molar-refractivity contribution in [2.45, 2.75) is 26.3 Å². The second-order valence-corrected chi connectivity index (χ2v) is 4.71. The number of amides is 1. The van der Waals surface area contributed by atoms with Gasteiger partial charge in [0.2, 0.25) is 5.91 Å². The first-order valence-corrected chi connectivity index (χ1v) is 6.16. The molecule has 1 N–H and O–H groups in total. The number of carbonyl (C=O) groups is 2. The number of nitrogens with one attached hydrogen (secondary N) is 1. The number of hydrogen-bond donors (Lipinski definition) is 1. The highest BCUT2D eigenvalue weighted by Crippen LogP contribution is 2.23. The molecule has 0 radical (unpaired) electrons. The average Bonchev–Trinajstić information content (AvgIpc) is 2.51. The first-order valence-electron chi connectivity index (χ1n) is 6.16. The number of carbonyl (C=O) groups excluding carboxylic acids is 2. The minimum absolute atomic E-state index is 0.0721. The maximum atomic E-state index is 12.3. The first kappa shape index (κ1) is 12.6. The van der Waals surface area contributed by atoms with E-state index in [1.54, 1.807) is 32.0 Å². The van der Waals surface area contributed by atoms with E-state index in [1.165, 1.54) is 0 Å². The van der Waals surface area contributed by atoms with Gasteiger partial charge >= 0.3 is 0 Å². The van der Waals surface area contributed by atoms with Gasteiger partial charge in [-0.15, -0.1) is 0 Å². The third-order valence-corrected chi connectivity index (χ3v) is 2.97. The summed E-state index contributed by atoms with van der Waals surface area (Å²) in [6.45, 7) is 4.05. The van der Waals surface area contributed by atoms with Crippen LogP contribution >= 0.6 is 0 Å². The third-order valence-electron chi connectivity index (χ3n) is 2.97. The van der Waals surface area contributed by atoms with Crippen molar-refractivity contribution in [3.8, 4) is 5.75 Å². The molecule has 1 aliphatic rings. The standard InChI is InChI=1S/C14H17NO3/c1-9(2)14(17)15-11-7-8-18-12-6-4-3-5-10(12)13(11)16/h3-6,9,11H,7-8H2,1-2H3,(H,15,17). The molecule has 0 bridgehead atoms. The molecule has 1 heterocycles. The topological polar surface area (TPSA) is 55.4 Å². The van der Waals surface area contributed by atoms with Gasteiger partial charge in [-0.3, -0.25) is 9.59 Å². The lowest BCUT2D eigenvalue weighted by Crippen LogP contribution is -2.42. The van der Waals surface area contributed by atoms with Gasteiger partial charge in [0.1, 0.15) is 5.75 Å². The van der Waals surface area contributed by atoms with Crippen molar-refractivity contribution in [3.05, 3.63) is 29.8 Å². The molecule has 1 unspecified atom stereocenters. The average molecular weight is 247 g/mol. The van der Waals surface area contributed by atoms with Crippen molar-refractivity contribution in [3.63, 3.8) is 0 Å². The van der Waals surface area contributed by atoms with Gasteiger partial charge in [-0.2, -0.15) is 0 Å². The van der Waals surface area contributed by atoms with Crippen molar-refractivity contribution < 1.29 is 14.3 Å². The van der Waals surface area contributed by atoms with Crippen LogP contribution in [-0.4, -0.2) is 24.3 Å². The molecule has 2 rings (SSSR count). The molecule has 0 aromatic heterocycles. The summed E-state index contributed by atoms with van der Waals surface area (Å²) in [6, 6.07) is 6.66. The molecular weight excluding hydrogens is 230 g/mol. The van der Waals surface area contributed by atoms with Gasteiger partial charge in [0.15, 0.2) is 5.78 Å². The molecule has 1 aromatic rings. The van der Waals surface area contributed by atoms with Crippen LogP contribution in [0.1, 0.15) is 30.6 Å². The SMILES string of the molecule is CC(C)C(=O)NC1CCOc2ccccc2C1=O. The highest BCUT2D eigenvalue weighted by atomic mass is 16.5. The summed E-state index contributed by atoms with van der Waals surface area (Å²) in [5, 5.41) is 2.78. The molecule has 0 saturated heterocycles. The number of ether oxygens (including phenoxy) is 1. The number of fused-ring (bicyclic) bond motifs is 1. The van der Waals surface area contributed by atoms with Crippen LogP contribution in [0.5, 0.6) is 5.75 Å². The lowest BCUT2D eigenvalue weighted by molar-refractivity contribution is -0.124. The summed E-state index contributed by atoms with van der Waals surface area (Å²) < 4.78 is 5.52. The van der Waals surface area contributed by atoms with Crippen LogP contribution in [0, 0.1) is 5.92 Å². The number of hydrogen-bond acceptors (Lipinski definition) is 3. The van der Waals surface area contributed by atoms with Gasteiger partial charge < -0.3 is 10.1 Å². The van der Waals surface area contributed by atoms with Crippen LogP contribution in [-0.2, 0) is 4.79 Å². The zero-order valence-corrected chi connectivity index (χ0v) is 10.6. The lowest BCUT2D eigenvalue weighted by Gasteiger charge is -2.16. The molecule has 1 aliphatic heterocycles. The Hall–Kier alpha value is -1.84. The fraction of sp³-hybridized carbons (Fsp3) is 0.429. The van der Waals surface area contributed by atoms with E-state index in [1.807, 2.05) is 6.07 Å². The normalized spacial score (nSPS) is 18.8. The Kier molecular flexibility index (Phi) is 3.65. The van der Waals surface area contributed by atoms with Crippen molar-refractivity contribution in [1.29, 1.82) is 0 Å². The zero-order chi connectivity index (χ0) is 13.1. The van der Waals surface area contributed by atoms with E-state index in [0.29, 0.717) is 24.3 Å². The summed E-state index contributed by atoms with van der Waals surface area (Å²) in [5.74, 6) is 0.297. The highest BCUT2D eigenvalue weighted by molar-refractivity contribution is 6.04. The third kappa shape index (κ3) is 2.53. The van der Waals surface area contributed by atoms with Gasteiger partial charge in [0.25, 0.3) is 0 Å². The molecule has 0 fully saturated rings. The molecule has 0 saturated carbocycles. The van der Waals surface area contributed by atoms with Crippen molar-refractivity contribution in [2.75, 3.05) is 6.61 Å². The molecule has 18 heavy (non-hydrogen) atoms. The van der Waals surface area contributed by atoms with Crippen LogP contribution in [0.25, 0.3) is 0 Å². The quantitative estimate of drug-likeness (QED) is 0.867. The number of para-hydroxylation sites is 1. The Balaban J connectivity index is 2.20. The summed E-state index contributed by atoms with van der Waals surface area (Å²) in [7, 11) is 0. The van der Waals surface area contributed by atoms with Crippen LogP contribution in [0.2, 0.25) is 0 Å². The summed E-state index contributed by atoms with van der Waals surface area (Å²) in [6.07, 6.45) is 0.506. The van der Waals surface area contributed by atoms with Gasteiger partial charge in [-0.05, 0) is 12.1 Å². The predicted octanol–water partition coefficient (Wildman–Crippen LogP) is 1.79. The van der Waals surface area contributed by atoms with Crippen LogP contribution in [0.3, 0.4) is 0 Å². The summed E-state index contributed by atoms with van der Waals surface area (Å²) in [5.41, 5.74) is 0.545. The maximum Gasteiger partial charge on any atom is 0.223 e. The molecular formula is C14H17NO3. The van der Waals surface area contributed by atoms with Crippen LogP contribution in [0.4, 0.5) is 0 Å². The van der Waals surface area contributed by atoms with E-state index in [-0.39, 0.29) is 17.6 Å². The molecule has 4 nitrogen and oxygen atoms in total. The Bertz CT molecular complexity index is 468. The van der Waals surface area contributed by atoms with Gasteiger partial charge in [-0.25, -0.2) is 0 Å². The van der Waals surface area contributed by atoms with E-state index < -0.39 is 6.04 Å². The van der Waals surface area contributed by atoms with Crippen molar-refractivity contribution >= 4 is 11.7 Å². The number of Topliss-reactive ketones (excluding diaryl/α,β-unsaturated/α-hetero) is 1. The van der Waals surface area contributed by atoms with Gasteiger partial charge in [0.05, 0.1) is 18.2 Å². The van der Waals surface area contributed by atoms with Gasteiger partial charge in [0, 0.05) is 12.3 Å². The Labute approximate surface area is 106 Å². The number of ketones is 1. The second-order valence-electron chi connectivity index (χ2n) is 4.71. The maximum absolute atomic E-state index is 12.3. The molecule has 96 valence electrons. The highest BCUT2D eigenvalue weighted by Gasteiger charge is 2.27. The van der Waals surface area contributed by atoms with Crippen molar-refractivity contribution in [2.24, 2.45) is 5.92 Å². The van der Waals surface area contributed by atoms with Crippen LogP contribution < -0.4 is 10.1 Å². The smallest absolute Gasteiger partial charge is 0.223 e. The Morgan fingerprint density at radius 1 is 1.39 bits per heavy atom. The minimum atomic E-state index is -0.483. The molecule has 0 aliphatic carbocycles. The lowest BCUT2D eigenvalue weighted by atomic mass is 10.0. The van der Waals surface area contributed by atoms with Crippen molar-refractivity contribution in [1.82, 2.24) is 5.32 Å².